The molecule has 3 aliphatic rings. The lowest BCUT2D eigenvalue weighted by Gasteiger charge is -2.35. The lowest BCUT2D eigenvalue weighted by molar-refractivity contribution is -0.646. The van der Waals surface area contributed by atoms with Crippen LogP contribution in [0.25, 0.3) is 33.5 Å². The van der Waals surface area contributed by atoms with Crippen LogP contribution in [-0.2, 0) is 66.4 Å². The third kappa shape index (κ3) is 12.0. The molecule has 3 fully saturated rings. The minimum atomic E-state index is -6.25. The average molecular weight is 1210 g/mol. The second-order valence-corrected chi connectivity index (χ2v) is 24.9. The van der Waals surface area contributed by atoms with Gasteiger partial charge in [-0.15, -0.1) is 0 Å². The number of aliphatic hydroxyl groups excluding tert-OH is 4. The summed E-state index contributed by atoms with van der Waals surface area (Å²) in [7, 11) is -21.2. The molecule has 0 aliphatic carbocycles. The SMILES string of the molecule is CCCN[C@@H](O)C[C@H]1[C@@H](O)[C@H](n2c[n+](C)c3c(=O)[nH]c(N)nc32)O[C@@H]1COP(=O)(O)OP(=O)(O)OP(=O)(O)OC[C@H]1O[C@@H](n2cnc3c(N)ncnc32)[C@H](OC)[C@@H]1P(=O)([O-])OC[C@H]1O[C@@H](n2cnc3c(=O)[nH]c(N)nc32)[C@H](O)[C@@H]1O. The zero-order valence-corrected chi connectivity index (χ0v) is 45.3. The maximum atomic E-state index is 14.4. The first-order valence-electron chi connectivity index (χ1n) is 23.6. The van der Waals surface area contributed by atoms with Gasteiger partial charge in [-0.3, -0.25) is 43.1 Å². The third-order valence-corrected chi connectivity index (χ3v) is 19.1. The number of anilines is 3. The molecule has 0 radical (unpaired) electrons. The molecule has 0 spiro atoms. The molecule has 3 saturated heterocycles. The van der Waals surface area contributed by atoms with E-state index < -0.39 is 141 Å². The third-order valence-electron chi connectivity index (χ3n) is 13.0. The number of aromatic amines is 2. The van der Waals surface area contributed by atoms with Gasteiger partial charge in [0.05, 0.1) is 57.4 Å². The van der Waals surface area contributed by atoms with Gasteiger partial charge in [0.2, 0.25) is 24.5 Å². The number of aryl methyl sites for hydroxylation is 1. The number of ether oxygens (including phenoxy) is 4. The standard InChI is InChI=1S/C37H54N16O23P4/c1-4-5-41-18(54)6-14-15(72-33(22(14)55)53-13-50(2)21-30(53)47-37(40)49-32(21)59)7-70-78(62,63)75-80(66,67)76-79(64,65)71-9-17-26(25(68-3)35(74-17)51-11-44-19-27(38)42-10-43-28(19)51)77(60,61)69-8-16-23(56)24(57)34(73-16)52-12-45-20-29(52)46-36(39)48-31(20)58/h10-18,22-26,33-35,41,54-57H,4-9H2,1-3H3,(H11-,38,39,40,42,43,46,47,48,49,58,59,60,61,62,63,64,65,66,67)/t14-,15-,16-,17-,18+,22-,23-,24-,25-,26-,33-,34-,35-/m1/s1. The van der Waals surface area contributed by atoms with Crippen LogP contribution in [-0.4, -0.2) is 177 Å². The molecule has 0 aromatic carbocycles. The van der Waals surface area contributed by atoms with Gasteiger partial charge in [-0.1, -0.05) is 6.92 Å². The summed E-state index contributed by atoms with van der Waals surface area (Å²) < 4.78 is 106. The van der Waals surface area contributed by atoms with Crippen molar-refractivity contribution in [2.24, 2.45) is 13.0 Å². The number of phosphoric acid groups is 3. The van der Waals surface area contributed by atoms with Crippen LogP contribution in [0.3, 0.4) is 0 Å². The zero-order chi connectivity index (χ0) is 58.0. The normalized spacial score (nSPS) is 29.7. The first-order chi connectivity index (χ1) is 37.6. The van der Waals surface area contributed by atoms with E-state index in [1.807, 2.05) is 6.92 Å². The van der Waals surface area contributed by atoms with Gasteiger partial charge >= 0.3 is 29.0 Å². The summed E-state index contributed by atoms with van der Waals surface area (Å²) >= 11 is 0. The molecule has 16 N–H and O–H groups in total. The quantitative estimate of drug-likeness (QED) is 0.0164. The van der Waals surface area contributed by atoms with E-state index in [4.69, 9.17) is 49.7 Å². The number of nitrogens with two attached hydrogens (primary N) is 3. The van der Waals surface area contributed by atoms with E-state index in [1.165, 1.54) is 22.5 Å². The fourth-order valence-corrected chi connectivity index (χ4v) is 14.7. The van der Waals surface area contributed by atoms with Gasteiger partial charge in [0.25, 0.3) is 16.7 Å². The largest absolute Gasteiger partial charge is 0.778 e. The highest BCUT2D eigenvalue weighted by Gasteiger charge is 2.55. The monoisotopic (exact) mass is 1210 g/mol. The second kappa shape index (κ2) is 22.9. The van der Waals surface area contributed by atoms with E-state index in [1.54, 1.807) is 0 Å². The minimum Gasteiger partial charge on any atom is -0.778 e. The van der Waals surface area contributed by atoms with Gasteiger partial charge in [-0.2, -0.15) is 23.2 Å². The van der Waals surface area contributed by atoms with Gasteiger partial charge in [0.1, 0.15) is 56.2 Å². The lowest BCUT2D eigenvalue weighted by Crippen LogP contribution is -2.40. The van der Waals surface area contributed by atoms with E-state index in [-0.39, 0.29) is 57.6 Å². The molecule has 440 valence electrons. The maximum Gasteiger partial charge on any atom is 0.490 e. The Balaban J connectivity index is 0.895. The first kappa shape index (κ1) is 59.5. The highest BCUT2D eigenvalue weighted by atomic mass is 31.3. The van der Waals surface area contributed by atoms with Crippen molar-refractivity contribution in [1.82, 2.24) is 58.9 Å². The molecule has 39 nitrogen and oxygen atoms in total. The number of nitrogens with zero attached hydrogens (tertiary/aromatic N) is 10. The van der Waals surface area contributed by atoms with Crippen molar-refractivity contribution < 1.29 is 104 Å². The predicted molar refractivity (Wildman–Crippen MR) is 262 cm³/mol. The topological polar surface area (TPSA) is 568 Å². The molecule has 6 aromatic rings. The summed E-state index contributed by atoms with van der Waals surface area (Å²) in [5.74, 6) is -1.87. The average Bonchev–Trinajstić information content (AvgIpc) is 4.43. The number of hydrogen-bond acceptors (Lipinski definition) is 30. The minimum absolute atomic E-state index is 0.00748. The highest BCUT2D eigenvalue weighted by molar-refractivity contribution is 7.66. The number of imidazole rings is 3. The van der Waals surface area contributed by atoms with Crippen molar-refractivity contribution in [2.45, 2.75) is 93.1 Å². The van der Waals surface area contributed by atoms with Crippen LogP contribution in [0, 0.1) is 5.92 Å². The molecular weight excluding hydrogens is 1160 g/mol. The zero-order valence-electron chi connectivity index (χ0n) is 41.7. The van der Waals surface area contributed by atoms with Gasteiger partial charge < -0.3 is 85.2 Å². The molecule has 0 bridgehead atoms. The maximum absolute atomic E-state index is 14.4. The number of rotatable bonds is 23. The van der Waals surface area contributed by atoms with Crippen molar-refractivity contribution in [1.29, 1.82) is 0 Å². The number of hydrogen-bond donors (Lipinski definition) is 13. The highest BCUT2D eigenvalue weighted by Crippen LogP contribution is 2.68. The predicted octanol–water partition coefficient (Wildman–Crippen LogP) is -4.31. The molecule has 43 heteroatoms. The number of nitrogen functional groups attached to an aromatic ring is 3. The Morgan fingerprint density at radius 3 is 1.99 bits per heavy atom. The Morgan fingerprint density at radius 1 is 0.750 bits per heavy atom. The first-order valence-corrected chi connectivity index (χ1v) is 29.7. The molecule has 9 heterocycles. The smallest absolute Gasteiger partial charge is 0.490 e. The summed E-state index contributed by atoms with van der Waals surface area (Å²) in [6.07, 6.45) is -12.9. The van der Waals surface area contributed by atoms with Gasteiger partial charge in [0, 0.05) is 13.0 Å². The number of nitrogens with one attached hydrogen (secondary N) is 3. The Labute approximate surface area is 446 Å². The van der Waals surface area contributed by atoms with Crippen molar-refractivity contribution in [3.63, 3.8) is 0 Å². The lowest BCUT2D eigenvalue weighted by atomic mass is 9.93. The molecule has 9 rings (SSSR count). The summed E-state index contributed by atoms with van der Waals surface area (Å²) in [5.41, 5.74) is 13.5. The van der Waals surface area contributed by atoms with Crippen LogP contribution in [0.2, 0.25) is 0 Å². The summed E-state index contributed by atoms with van der Waals surface area (Å²) in [6, 6.07) is 0. The van der Waals surface area contributed by atoms with Crippen molar-refractivity contribution >= 4 is 82.3 Å². The number of fused-ring (bicyclic) bond motifs is 3. The Hall–Kier alpha value is -5.15. The van der Waals surface area contributed by atoms with Crippen LogP contribution >= 0.6 is 31.1 Å². The van der Waals surface area contributed by atoms with Gasteiger partial charge in [-0.25, -0.2) is 38.2 Å². The van der Waals surface area contributed by atoms with Crippen molar-refractivity contribution in [3.8, 4) is 0 Å². The number of aromatic nitrogens is 12. The molecule has 3 aliphatic heterocycles. The van der Waals surface area contributed by atoms with Gasteiger partial charge in [0.15, 0.2) is 35.1 Å². The van der Waals surface area contributed by atoms with Gasteiger partial charge in [-0.05, 0) is 19.4 Å². The van der Waals surface area contributed by atoms with Crippen molar-refractivity contribution in [2.75, 3.05) is 50.7 Å². The Kier molecular flexibility index (Phi) is 17.0. The van der Waals surface area contributed by atoms with E-state index >= 15 is 0 Å². The number of phosphoric ester groups is 2. The summed E-state index contributed by atoms with van der Waals surface area (Å²) in [4.78, 5) is 100. The van der Waals surface area contributed by atoms with Crippen LogP contribution in [0.5, 0.6) is 0 Å². The molecule has 17 atom stereocenters. The summed E-state index contributed by atoms with van der Waals surface area (Å²) in [6.45, 7) is -1.25. The second-order valence-electron chi connectivity index (χ2n) is 18.3. The number of H-pyrrole nitrogens is 2. The molecule has 80 heavy (non-hydrogen) atoms. The Morgan fingerprint density at radius 2 is 1.32 bits per heavy atom. The molecule has 0 amide bonds. The van der Waals surface area contributed by atoms with Crippen molar-refractivity contribution in [3.05, 3.63) is 46.0 Å². The van der Waals surface area contributed by atoms with Crippen LogP contribution in [0.4, 0.5) is 17.7 Å². The molecule has 0 saturated carbocycles. The molecule has 4 unspecified atom stereocenters. The van der Waals surface area contributed by atoms with Crippen LogP contribution in [0.1, 0.15) is 38.4 Å². The number of methoxy groups -OCH3 is 1. The number of aliphatic hydroxyl groups is 4. The summed E-state index contributed by atoms with van der Waals surface area (Å²) in [5, 5.41) is 47.1. The van der Waals surface area contributed by atoms with E-state index in [0.717, 1.165) is 35.2 Å². The van der Waals surface area contributed by atoms with E-state index in [0.29, 0.717) is 13.0 Å². The van der Waals surface area contributed by atoms with E-state index in [9.17, 15) is 67.8 Å². The molecule has 6 aromatic heterocycles. The molecular formula is C37H54N16O23P4. The Bertz CT molecular complexity index is 3590. The van der Waals surface area contributed by atoms with Crippen LogP contribution < -0.4 is 43.1 Å². The fraction of sp³-hybridized carbons (Fsp3) is 0.595. The fourth-order valence-electron chi connectivity index (χ4n) is 9.51. The van der Waals surface area contributed by atoms with Crippen LogP contribution in [0.15, 0.2) is 34.9 Å². The van der Waals surface area contributed by atoms with E-state index in [2.05, 4.69) is 53.8 Å².